The van der Waals surface area contributed by atoms with Crippen molar-refractivity contribution >= 4 is 11.8 Å². The number of ether oxygens (including phenoxy) is 1. The van der Waals surface area contributed by atoms with Crippen LogP contribution in [0.4, 0.5) is 10.2 Å². The lowest BCUT2D eigenvalue weighted by molar-refractivity contribution is -0.138. The molecule has 8 nitrogen and oxygen atoms in total. The number of halogens is 1. The Labute approximate surface area is 236 Å². The normalized spacial score (nSPS) is 14.5. The van der Waals surface area contributed by atoms with Gasteiger partial charge in [0.1, 0.15) is 18.0 Å². The van der Waals surface area contributed by atoms with Gasteiger partial charge in [-0.05, 0) is 69.5 Å². The quantitative estimate of drug-likeness (QED) is 0.241. The molecule has 2 atom stereocenters. The fraction of sp³-hybridized carbons (Fsp3) is 0.484. The number of aliphatic carboxylic acids is 1. The molecule has 0 saturated heterocycles. The van der Waals surface area contributed by atoms with Gasteiger partial charge in [-0.2, -0.15) is 0 Å². The van der Waals surface area contributed by atoms with E-state index in [9.17, 15) is 14.3 Å². The minimum Gasteiger partial charge on any atom is -0.480 e. The summed E-state index contributed by atoms with van der Waals surface area (Å²) in [6.45, 7) is 1.32. The number of pyridine rings is 1. The fourth-order valence-electron chi connectivity index (χ4n) is 5.12. The summed E-state index contributed by atoms with van der Waals surface area (Å²) in [5.74, 6) is -0.597. The molecule has 1 aliphatic carbocycles. The van der Waals surface area contributed by atoms with Crippen LogP contribution >= 0.6 is 0 Å². The molecule has 1 aromatic carbocycles. The second-order valence-corrected chi connectivity index (χ2v) is 10.4. The van der Waals surface area contributed by atoms with Crippen molar-refractivity contribution in [2.75, 3.05) is 38.7 Å². The van der Waals surface area contributed by atoms with Crippen LogP contribution < -0.4 is 5.32 Å². The smallest absolute Gasteiger partial charge is 0.326 e. The molecular weight excluding hydrogens is 509 g/mol. The van der Waals surface area contributed by atoms with Gasteiger partial charge in [-0.25, -0.2) is 14.2 Å². The number of fused-ring (bicyclic) bond motifs is 1. The number of methoxy groups -OCH3 is 1. The van der Waals surface area contributed by atoms with Crippen LogP contribution in [0, 0.1) is 0 Å². The summed E-state index contributed by atoms with van der Waals surface area (Å²) < 4.78 is 19.5. The highest BCUT2D eigenvalue weighted by molar-refractivity contribution is 5.76. The number of carboxylic acid groups (broad SMARTS) is 1. The van der Waals surface area contributed by atoms with E-state index in [1.165, 1.54) is 31.2 Å². The third-order valence-corrected chi connectivity index (χ3v) is 7.27. The van der Waals surface area contributed by atoms with Gasteiger partial charge in [0.05, 0.1) is 24.7 Å². The highest BCUT2D eigenvalue weighted by atomic mass is 19.1. The van der Waals surface area contributed by atoms with Crippen molar-refractivity contribution in [2.24, 2.45) is 0 Å². The fourth-order valence-corrected chi connectivity index (χ4v) is 5.12. The third-order valence-electron chi connectivity index (χ3n) is 7.27. The number of alkyl halides is 1. The van der Waals surface area contributed by atoms with Gasteiger partial charge in [0.25, 0.3) is 0 Å². The summed E-state index contributed by atoms with van der Waals surface area (Å²) in [6, 6.07) is 13.1. The van der Waals surface area contributed by atoms with Gasteiger partial charge in [0.2, 0.25) is 0 Å². The van der Waals surface area contributed by atoms with Crippen LogP contribution in [0.2, 0.25) is 0 Å². The van der Waals surface area contributed by atoms with Crippen molar-refractivity contribution in [3.63, 3.8) is 0 Å². The number of aryl methyl sites for hydroxylation is 3. The molecule has 2 aromatic heterocycles. The van der Waals surface area contributed by atoms with Crippen molar-refractivity contribution in [2.45, 2.75) is 63.6 Å². The molecule has 0 amide bonds. The first-order chi connectivity index (χ1) is 19.5. The minimum atomic E-state index is -1.14. The maximum atomic E-state index is 14.5. The number of aromatic nitrogens is 3. The van der Waals surface area contributed by atoms with E-state index in [1.54, 1.807) is 12.4 Å². The average molecular weight is 550 g/mol. The molecule has 40 heavy (non-hydrogen) atoms. The van der Waals surface area contributed by atoms with Gasteiger partial charge in [0, 0.05) is 37.2 Å². The lowest BCUT2D eigenvalue weighted by Crippen LogP contribution is -2.38. The molecule has 4 rings (SSSR count). The number of nitrogens with zero attached hydrogens (tertiary/aromatic N) is 4. The van der Waals surface area contributed by atoms with Crippen LogP contribution in [0.15, 0.2) is 54.9 Å². The number of nitrogens with one attached hydrogen (secondary N) is 1. The molecule has 0 saturated carbocycles. The number of hydrogen-bond donors (Lipinski definition) is 2. The monoisotopic (exact) mass is 549 g/mol. The predicted molar refractivity (Wildman–Crippen MR) is 154 cm³/mol. The van der Waals surface area contributed by atoms with Gasteiger partial charge in [-0.3, -0.25) is 9.97 Å². The van der Waals surface area contributed by atoms with Gasteiger partial charge < -0.3 is 20.1 Å². The van der Waals surface area contributed by atoms with Crippen molar-refractivity contribution in [3.8, 4) is 11.3 Å². The van der Waals surface area contributed by atoms with Crippen LogP contribution in [0.25, 0.3) is 11.3 Å². The number of carbonyl (C=O) groups is 1. The molecule has 0 radical (unpaired) electrons. The Balaban J connectivity index is 1.29. The van der Waals surface area contributed by atoms with Crippen molar-refractivity contribution < 1.29 is 19.0 Å². The van der Waals surface area contributed by atoms with Gasteiger partial charge >= 0.3 is 5.97 Å². The van der Waals surface area contributed by atoms with E-state index >= 15 is 0 Å². The molecule has 0 aliphatic heterocycles. The Morgan fingerprint density at radius 2 is 1.90 bits per heavy atom. The molecule has 0 spiro atoms. The molecule has 214 valence electrons. The van der Waals surface area contributed by atoms with Gasteiger partial charge in [-0.15, -0.1) is 0 Å². The van der Waals surface area contributed by atoms with E-state index in [1.807, 2.05) is 35.2 Å². The summed E-state index contributed by atoms with van der Waals surface area (Å²) >= 11 is 0. The molecule has 3 aromatic rings. The number of benzene rings is 1. The number of unbranched alkanes of at least 4 members (excludes halogenated alkanes) is 1. The lowest BCUT2D eigenvalue weighted by atomic mass is 9.95. The van der Waals surface area contributed by atoms with Crippen LogP contribution in [-0.2, 0) is 28.8 Å². The first kappa shape index (κ1) is 29.6. The highest BCUT2D eigenvalue weighted by Crippen LogP contribution is 2.20. The number of rotatable bonds is 16. The minimum absolute atomic E-state index is 0.0134. The molecule has 2 heterocycles. The maximum Gasteiger partial charge on any atom is 0.326 e. The van der Waals surface area contributed by atoms with Crippen LogP contribution in [0.1, 0.15) is 49.1 Å². The summed E-state index contributed by atoms with van der Waals surface area (Å²) in [6.07, 6.45) is 9.66. The number of hydrogen-bond acceptors (Lipinski definition) is 7. The summed E-state index contributed by atoms with van der Waals surface area (Å²) in [7, 11) is 1.48. The molecule has 1 aliphatic rings. The first-order valence-corrected chi connectivity index (χ1v) is 14.2. The molecular formula is C31H40FN5O3. The lowest BCUT2D eigenvalue weighted by Gasteiger charge is -2.26. The van der Waals surface area contributed by atoms with E-state index in [2.05, 4.69) is 27.4 Å². The summed E-state index contributed by atoms with van der Waals surface area (Å²) in [4.78, 5) is 27.7. The summed E-state index contributed by atoms with van der Waals surface area (Å²) in [5.41, 5.74) is 5.39. The second kappa shape index (κ2) is 15.4. The zero-order valence-electron chi connectivity index (χ0n) is 23.3. The predicted octanol–water partition coefficient (Wildman–Crippen LogP) is 4.98. The van der Waals surface area contributed by atoms with Crippen LogP contribution in [0.5, 0.6) is 0 Å². The SMILES string of the molecule is COC[C@@H](F)CN(CCCCc1ccc2c(n1)CCCC2)CC[C@H](Nc1cnc(-c2ccccc2)cn1)C(=O)O. The van der Waals surface area contributed by atoms with Crippen molar-refractivity contribution in [1.29, 1.82) is 0 Å². The Kier molecular flexibility index (Phi) is 11.4. The molecule has 9 heteroatoms. The van der Waals surface area contributed by atoms with E-state index in [4.69, 9.17) is 9.72 Å². The van der Waals surface area contributed by atoms with Gasteiger partial charge in [0.15, 0.2) is 0 Å². The van der Waals surface area contributed by atoms with E-state index in [-0.39, 0.29) is 13.2 Å². The Hall–Kier alpha value is -3.43. The average Bonchev–Trinajstić information content (AvgIpc) is 2.98. The Morgan fingerprint density at radius 1 is 1.07 bits per heavy atom. The van der Waals surface area contributed by atoms with E-state index < -0.39 is 18.2 Å². The van der Waals surface area contributed by atoms with Crippen LogP contribution in [0.3, 0.4) is 0 Å². The van der Waals surface area contributed by atoms with E-state index in [0.29, 0.717) is 31.0 Å². The zero-order chi connectivity index (χ0) is 28.2. The molecule has 2 N–H and O–H groups in total. The summed E-state index contributed by atoms with van der Waals surface area (Å²) in [5, 5.41) is 12.8. The van der Waals surface area contributed by atoms with Gasteiger partial charge in [-0.1, -0.05) is 36.4 Å². The first-order valence-electron chi connectivity index (χ1n) is 14.2. The maximum absolute atomic E-state index is 14.5. The Morgan fingerprint density at radius 3 is 2.65 bits per heavy atom. The molecule has 0 bridgehead atoms. The Bertz CT molecular complexity index is 1200. The zero-order valence-corrected chi connectivity index (χ0v) is 23.3. The van der Waals surface area contributed by atoms with Crippen molar-refractivity contribution in [3.05, 3.63) is 71.8 Å². The van der Waals surface area contributed by atoms with E-state index in [0.717, 1.165) is 43.4 Å². The molecule has 0 fully saturated rings. The largest absolute Gasteiger partial charge is 0.480 e. The third kappa shape index (κ3) is 9.06. The standard InChI is InChI=1S/C31H40FN5O3/c1-40-22-25(32)21-37(17-8-7-12-26-15-14-24-11-5-6-13-27(24)35-26)18-16-28(31(38)39)36-30-20-33-29(19-34-30)23-9-3-2-4-10-23/h2-4,9-10,14-15,19-20,25,28H,5-8,11-13,16-18,21-22H2,1H3,(H,34,36)(H,38,39)/t25-,28-/m0/s1. The van der Waals surface area contributed by atoms with Crippen LogP contribution in [-0.4, -0.2) is 76.5 Å². The number of carboxylic acids is 1. The topological polar surface area (TPSA) is 100 Å². The molecule has 0 unspecified atom stereocenters. The highest BCUT2D eigenvalue weighted by Gasteiger charge is 2.21. The second-order valence-electron chi connectivity index (χ2n) is 10.4. The number of anilines is 1. The van der Waals surface area contributed by atoms with Crippen molar-refractivity contribution in [1.82, 2.24) is 19.9 Å².